The number of carbonyl (C=O) groups excluding carboxylic acids is 2. The van der Waals surface area contributed by atoms with Crippen molar-refractivity contribution in [2.75, 3.05) is 19.0 Å². The van der Waals surface area contributed by atoms with Crippen LogP contribution in [0.3, 0.4) is 0 Å². The predicted octanol–water partition coefficient (Wildman–Crippen LogP) is 3.88. The number of carbonyl (C=O) groups is 3. The molecule has 6 rings (SSSR count). The second-order valence-corrected chi connectivity index (χ2v) is 10.9. The Morgan fingerprint density at radius 2 is 1.71 bits per heavy atom. The number of para-hydroxylation sites is 3. The van der Waals surface area contributed by atoms with Gasteiger partial charge in [-0.05, 0) is 36.4 Å². The van der Waals surface area contributed by atoms with Gasteiger partial charge in [-0.3, -0.25) is 19.3 Å². The summed E-state index contributed by atoms with van der Waals surface area (Å²) in [5, 5.41) is 10.0. The number of hydrogen-bond donors (Lipinski definition) is 2. The molecule has 0 spiro atoms. The second kappa shape index (κ2) is 11.5. The number of ketones is 1. The topological polar surface area (TPSA) is 139 Å². The van der Waals surface area contributed by atoms with Crippen molar-refractivity contribution in [2.45, 2.75) is 11.8 Å². The SMILES string of the molecule is O=C(COc1ccccc1)CC1C(=O)N2C(C(=O)O)=C(COc3ccccc3-c3nc4ccccc4c(=O)[nH]3)CSC12. The van der Waals surface area contributed by atoms with Crippen molar-refractivity contribution < 1.29 is 29.0 Å². The van der Waals surface area contributed by atoms with E-state index in [0.29, 0.717) is 45.1 Å². The number of H-pyrrole nitrogens is 1. The fraction of sp³-hybridized carbons (Fsp3) is 0.194. The van der Waals surface area contributed by atoms with Gasteiger partial charge in [0.1, 0.15) is 36.2 Å². The Labute approximate surface area is 244 Å². The van der Waals surface area contributed by atoms with Crippen molar-refractivity contribution in [3.8, 4) is 22.9 Å². The van der Waals surface area contributed by atoms with Crippen LogP contribution in [0.1, 0.15) is 6.42 Å². The number of aromatic nitrogens is 2. The molecule has 42 heavy (non-hydrogen) atoms. The first-order chi connectivity index (χ1) is 20.4. The number of hydrogen-bond acceptors (Lipinski definition) is 8. The Morgan fingerprint density at radius 1 is 0.976 bits per heavy atom. The summed E-state index contributed by atoms with van der Waals surface area (Å²) >= 11 is 1.40. The quantitative estimate of drug-likeness (QED) is 0.266. The maximum absolute atomic E-state index is 13.1. The van der Waals surface area contributed by atoms with E-state index in [1.54, 1.807) is 72.8 Å². The maximum Gasteiger partial charge on any atom is 0.352 e. The fourth-order valence-corrected chi connectivity index (χ4v) is 6.48. The minimum absolute atomic E-state index is 0.0249. The summed E-state index contributed by atoms with van der Waals surface area (Å²) in [4.78, 5) is 59.1. The molecule has 0 aliphatic carbocycles. The summed E-state index contributed by atoms with van der Waals surface area (Å²) in [6.45, 7) is -0.253. The van der Waals surface area contributed by atoms with Gasteiger partial charge in [-0.15, -0.1) is 11.8 Å². The van der Waals surface area contributed by atoms with Crippen LogP contribution in [0.5, 0.6) is 11.5 Å². The predicted molar refractivity (Wildman–Crippen MR) is 156 cm³/mol. The number of fused-ring (bicyclic) bond motifs is 2. The van der Waals surface area contributed by atoms with Gasteiger partial charge in [0.05, 0.1) is 27.8 Å². The Morgan fingerprint density at radius 3 is 2.52 bits per heavy atom. The minimum Gasteiger partial charge on any atom is -0.488 e. The first kappa shape index (κ1) is 27.3. The molecule has 4 aromatic rings. The molecule has 1 amide bonds. The molecule has 1 fully saturated rings. The van der Waals surface area contributed by atoms with E-state index in [0.717, 1.165) is 0 Å². The van der Waals surface area contributed by atoms with Crippen LogP contribution in [-0.4, -0.2) is 62.0 Å². The molecule has 10 nitrogen and oxygen atoms in total. The number of Topliss-reactive ketones (excluding diaryl/α,β-unsaturated/α-hetero) is 1. The fourth-order valence-electron chi connectivity index (χ4n) is 5.08. The molecule has 0 radical (unpaired) electrons. The number of ether oxygens (including phenoxy) is 2. The van der Waals surface area contributed by atoms with Crippen LogP contribution < -0.4 is 15.0 Å². The van der Waals surface area contributed by atoms with E-state index in [1.807, 2.05) is 6.07 Å². The Balaban J connectivity index is 1.17. The monoisotopic (exact) mass is 583 g/mol. The van der Waals surface area contributed by atoms with Crippen molar-refractivity contribution >= 4 is 40.3 Å². The zero-order valence-electron chi connectivity index (χ0n) is 22.2. The van der Waals surface area contributed by atoms with Gasteiger partial charge < -0.3 is 19.6 Å². The van der Waals surface area contributed by atoms with Gasteiger partial charge in [0.2, 0.25) is 5.91 Å². The van der Waals surface area contributed by atoms with Crippen molar-refractivity contribution in [1.82, 2.24) is 14.9 Å². The summed E-state index contributed by atoms with van der Waals surface area (Å²) < 4.78 is 11.6. The molecule has 2 unspecified atom stereocenters. The maximum atomic E-state index is 13.1. The molecule has 3 heterocycles. The molecule has 0 bridgehead atoms. The molecule has 2 aliphatic heterocycles. The largest absolute Gasteiger partial charge is 0.488 e. The molecule has 0 saturated carbocycles. The van der Waals surface area contributed by atoms with E-state index in [1.165, 1.54) is 16.7 Å². The van der Waals surface area contributed by atoms with Crippen LogP contribution in [0.15, 0.2) is 94.9 Å². The number of benzene rings is 3. The van der Waals surface area contributed by atoms with E-state index >= 15 is 0 Å². The molecular formula is C31H25N3O7S. The van der Waals surface area contributed by atoms with Gasteiger partial charge >= 0.3 is 5.97 Å². The Bertz CT molecular complexity index is 1790. The molecule has 11 heteroatoms. The molecule has 2 aliphatic rings. The highest BCUT2D eigenvalue weighted by Crippen LogP contribution is 2.45. The summed E-state index contributed by atoms with van der Waals surface area (Å²) in [5.74, 6) is -0.899. The highest BCUT2D eigenvalue weighted by Gasteiger charge is 2.53. The second-order valence-electron chi connectivity index (χ2n) is 9.83. The van der Waals surface area contributed by atoms with Crippen molar-refractivity contribution in [2.24, 2.45) is 5.92 Å². The first-order valence-electron chi connectivity index (χ1n) is 13.2. The molecule has 212 valence electrons. The van der Waals surface area contributed by atoms with E-state index in [2.05, 4.69) is 9.97 Å². The lowest BCUT2D eigenvalue weighted by atomic mass is 9.90. The number of aliphatic carboxylic acids is 1. The Hall–Kier alpha value is -4.90. The molecule has 1 aromatic heterocycles. The van der Waals surface area contributed by atoms with Gasteiger partial charge in [-0.2, -0.15) is 0 Å². The summed E-state index contributed by atoms with van der Waals surface area (Å²) in [6, 6.07) is 22.9. The molecular weight excluding hydrogens is 558 g/mol. The van der Waals surface area contributed by atoms with Crippen LogP contribution in [0.25, 0.3) is 22.3 Å². The van der Waals surface area contributed by atoms with Crippen LogP contribution >= 0.6 is 11.8 Å². The third kappa shape index (κ3) is 5.26. The average Bonchev–Trinajstić information content (AvgIpc) is 3.01. The van der Waals surface area contributed by atoms with Crippen LogP contribution in [-0.2, 0) is 14.4 Å². The number of amides is 1. The van der Waals surface area contributed by atoms with Crippen molar-refractivity contribution in [3.05, 3.63) is 100 Å². The zero-order valence-corrected chi connectivity index (χ0v) is 23.0. The standard InChI is InChI=1S/C31H25N3O7S/c35-19(16-40-20-8-2-1-3-9-20)14-23-29(37)34-26(31(38)39)18(17-42-30(23)34)15-41-25-13-7-5-11-22(25)27-32-24-12-6-4-10-21(24)28(36)33-27/h1-13,23,30H,14-17H2,(H,38,39)(H,32,33,36). The lowest BCUT2D eigenvalue weighted by Crippen LogP contribution is -2.62. The smallest absolute Gasteiger partial charge is 0.352 e. The number of carboxylic acids is 1. The van der Waals surface area contributed by atoms with Gasteiger partial charge in [0.25, 0.3) is 5.56 Å². The lowest BCUT2D eigenvalue weighted by Gasteiger charge is -2.49. The molecule has 2 atom stereocenters. The highest BCUT2D eigenvalue weighted by molar-refractivity contribution is 8.00. The summed E-state index contributed by atoms with van der Waals surface area (Å²) in [6.07, 6.45) is -0.0249. The summed E-state index contributed by atoms with van der Waals surface area (Å²) in [7, 11) is 0. The minimum atomic E-state index is -1.24. The molecule has 3 aromatic carbocycles. The number of β-lactam (4-membered cyclic amide) rings is 1. The van der Waals surface area contributed by atoms with Gasteiger partial charge in [-0.1, -0.05) is 42.5 Å². The van der Waals surface area contributed by atoms with E-state index in [9.17, 15) is 24.3 Å². The van der Waals surface area contributed by atoms with E-state index in [4.69, 9.17) is 9.47 Å². The summed E-state index contributed by atoms with van der Waals surface area (Å²) in [5.41, 5.74) is 1.10. The number of nitrogens with one attached hydrogen (secondary N) is 1. The highest BCUT2D eigenvalue weighted by atomic mass is 32.2. The molecule has 1 saturated heterocycles. The third-order valence-corrected chi connectivity index (χ3v) is 8.50. The average molecular weight is 584 g/mol. The number of nitrogens with zero attached hydrogens (tertiary/aromatic N) is 2. The number of carboxylic acid groups (broad SMARTS) is 1. The van der Waals surface area contributed by atoms with Gasteiger partial charge in [0.15, 0.2) is 5.78 Å². The molecule has 2 N–H and O–H groups in total. The first-order valence-corrected chi connectivity index (χ1v) is 14.3. The van der Waals surface area contributed by atoms with E-state index < -0.39 is 23.2 Å². The lowest BCUT2D eigenvalue weighted by molar-refractivity contribution is -0.154. The van der Waals surface area contributed by atoms with Crippen LogP contribution in [0.4, 0.5) is 0 Å². The van der Waals surface area contributed by atoms with E-state index in [-0.39, 0.29) is 36.7 Å². The van der Waals surface area contributed by atoms with Gasteiger partial charge in [-0.25, -0.2) is 9.78 Å². The number of aromatic amines is 1. The zero-order chi connectivity index (χ0) is 29.2. The van der Waals surface area contributed by atoms with Gasteiger partial charge in [0, 0.05) is 17.7 Å². The van der Waals surface area contributed by atoms with Crippen LogP contribution in [0, 0.1) is 5.92 Å². The normalized spacial score (nSPS) is 17.9. The number of thioether (sulfide) groups is 1. The van der Waals surface area contributed by atoms with Crippen molar-refractivity contribution in [3.63, 3.8) is 0 Å². The Kier molecular flexibility index (Phi) is 7.49. The number of rotatable bonds is 10. The van der Waals surface area contributed by atoms with Crippen LogP contribution in [0.2, 0.25) is 0 Å². The van der Waals surface area contributed by atoms with Crippen molar-refractivity contribution in [1.29, 1.82) is 0 Å². The third-order valence-electron chi connectivity index (χ3n) is 7.11.